The number of carboxylic acid groups (broad SMARTS) is 1. The number of likely N-dealkylation sites (N-methyl/N-ethyl adjacent to an activating group) is 1. The Morgan fingerprint density at radius 1 is 1.20 bits per heavy atom. The number of esters is 1. The number of methoxy groups -OCH3 is 2. The number of carboxylic acids is 1. The number of hydroxylamine groups is 2. The van der Waals surface area contributed by atoms with Crippen LogP contribution in [0.3, 0.4) is 0 Å². The molecule has 1 heterocycles. The Hall–Kier alpha value is -3.23. The zero-order valence-electron chi connectivity index (χ0n) is 22.2. The molecule has 3 rings (SSSR count). The number of rotatable bonds is 12. The van der Waals surface area contributed by atoms with Crippen LogP contribution in [0.25, 0.3) is 0 Å². The summed E-state index contributed by atoms with van der Waals surface area (Å²) in [6.07, 6.45) is -1.27. The number of hydrogen-bond acceptors (Lipinski definition) is 11. The molecule has 3 atom stereocenters. The van der Waals surface area contributed by atoms with Gasteiger partial charge in [0.05, 0.1) is 43.5 Å². The minimum Gasteiger partial charge on any atom is -0.493 e. The lowest BCUT2D eigenvalue weighted by molar-refractivity contribution is -1.18. The Morgan fingerprint density at radius 3 is 2.46 bits per heavy atom. The zero-order chi connectivity index (χ0) is 30.5. The first kappa shape index (κ1) is 32.3. The topological polar surface area (TPSA) is 199 Å². The fourth-order valence-electron chi connectivity index (χ4n) is 3.83. The Kier molecular flexibility index (Phi) is 10.4. The SMILES string of the molecule is COc1ccc(OCC(C[N+](C)(OC)N2Cc3cc(Cl)c(NS(=O)O)cc3S(=O)(=O)N2)OC(=O)C(=O)O)cc1OC. The van der Waals surface area contributed by atoms with Crippen LogP contribution in [0, 0.1) is 0 Å². The van der Waals surface area contributed by atoms with Gasteiger partial charge in [-0.1, -0.05) is 21.2 Å². The number of hydrogen-bond donors (Lipinski definition) is 4. The lowest BCUT2D eigenvalue weighted by Gasteiger charge is -2.41. The summed E-state index contributed by atoms with van der Waals surface area (Å²) in [6.45, 7) is -0.809. The van der Waals surface area contributed by atoms with Gasteiger partial charge >= 0.3 is 11.9 Å². The molecule has 0 saturated heterocycles. The third-order valence-electron chi connectivity index (χ3n) is 5.87. The molecule has 0 spiro atoms. The number of carbonyl (C=O) groups excluding carboxylic acids is 1. The molecule has 0 amide bonds. The van der Waals surface area contributed by atoms with Crippen molar-refractivity contribution in [2.45, 2.75) is 17.5 Å². The molecule has 2 aromatic carbocycles. The van der Waals surface area contributed by atoms with E-state index in [9.17, 15) is 22.2 Å². The predicted molar refractivity (Wildman–Crippen MR) is 142 cm³/mol. The van der Waals surface area contributed by atoms with Crippen LogP contribution in [-0.2, 0) is 47.0 Å². The van der Waals surface area contributed by atoms with E-state index in [-0.39, 0.29) is 46.6 Å². The average molecular weight is 640 g/mol. The molecule has 41 heavy (non-hydrogen) atoms. The summed E-state index contributed by atoms with van der Waals surface area (Å²) in [7, 11) is 1.31. The summed E-state index contributed by atoms with van der Waals surface area (Å²) in [5, 5.41) is 10.2. The Morgan fingerprint density at radius 2 is 1.88 bits per heavy atom. The van der Waals surface area contributed by atoms with Gasteiger partial charge in [0.25, 0.3) is 21.3 Å². The van der Waals surface area contributed by atoms with Gasteiger partial charge in [-0.25, -0.2) is 22.2 Å². The number of anilines is 1. The van der Waals surface area contributed by atoms with Gasteiger partial charge < -0.3 is 24.1 Å². The van der Waals surface area contributed by atoms with Gasteiger partial charge in [-0.15, -0.1) is 0 Å². The molecule has 2 aromatic rings. The van der Waals surface area contributed by atoms with E-state index in [1.54, 1.807) is 12.1 Å². The fourth-order valence-corrected chi connectivity index (χ4v) is 5.83. The molecule has 1 aliphatic heterocycles. The van der Waals surface area contributed by atoms with Crippen LogP contribution in [0.4, 0.5) is 5.69 Å². The highest BCUT2D eigenvalue weighted by molar-refractivity contribution is 7.89. The number of aliphatic carboxylic acids is 1. The summed E-state index contributed by atoms with van der Waals surface area (Å²) in [6, 6.07) is 7.05. The van der Waals surface area contributed by atoms with Gasteiger partial charge in [-0.05, 0) is 34.9 Å². The van der Waals surface area contributed by atoms with E-state index in [1.807, 2.05) is 0 Å². The number of hydrazine groups is 1. The highest BCUT2D eigenvalue weighted by Crippen LogP contribution is 2.34. The molecule has 1 aliphatic rings. The molecule has 0 aromatic heterocycles. The van der Waals surface area contributed by atoms with Gasteiger partial charge in [-0.2, -0.15) is 4.84 Å². The Balaban J connectivity index is 1.89. The van der Waals surface area contributed by atoms with Crippen LogP contribution in [0.1, 0.15) is 5.56 Å². The molecule has 19 heteroatoms. The Bertz CT molecular complexity index is 1440. The van der Waals surface area contributed by atoms with Crippen LogP contribution in [0.5, 0.6) is 17.2 Å². The number of ether oxygens (including phenoxy) is 4. The minimum atomic E-state index is -4.26. The van der Waals surface area contributed by atoms with E-state index in [4.69, 9.17) is 45.0 Å². The second-order valence-corrected chi connectivity index (χ2v) is 11.3. The van der Waals surface area contributed by atoms with Crippen LogP contribution in [0.2, 0.25) is 5.02 Å². The van der Waals surface area contributed by atoms with E-state index in [0.717, 1.165) is 11.2 Å². The van der Waals surface area contributed by atoms with Crippen LogP contribution in [-0.4, -0.2) is 91.7 Å². The summed E-state index contributed by atoms with van der Waals surface area (Å²) in [5.41, 5.74) is 0.132. The molecular formula is C22H28ClN4O12S2+. The van der Waals surface area contributed by atoms with Crippen molar-refractivity contribution in [3.8, 4) is 17.2 Å². The first-order valence-corrected chi connectivity index (χ1v) is 14.4. The van der Waals surface area contributed by atoms with E-state index in [2.05, 4.69) is 9.55 Å². The molecule has 0 bridgehead atoms. The van der Waals surface area contributed by atoms with Crippen molar-refractivity contribution in [3.63, 3.8) is 0 Å². The van der Waals surface area contributed by atoms with E-state index in [1.165, 1.54) is 40.5 Å². The highest BCUT2D eigenvalue weighted by Gasteiger charge is 2.44. The summed E-state index contributed by atoms with van der Waals surface area (Å²) in [4.78, 5) is 30.9. The number of sulfonamides is 1. The lowest BCUT2D eigenvalue weighted by Crippen LogP contribution is -2.66. The van der Waals surface area contributed by atoms with Crippen molar-refractivity contribution in [2.24, 2.45) is 0 Å². The maximum atomic E-state index is 13.1. The molecule has 226 valence electrons. The van der Waals surface area contributed by atoms with Gasteiger partial charge in [0.1, 0.15) is 19.4 Å². The number of quaternary nitrogens is 1. The van der Waals surface area contributed by atoms with Crippen molar-refractivity contribution in [1.29, 1.82) is 0 Å². The second kappa shape index (κ2) is 13.2. The summed E-state index contributed by atoms with van der Waals surface area (Å²) >= 11 is 3.68. The van der Waals surface area contributed by atoms with Crippen molar-refractivity contribution >= 4 is 50.5 Å². The monoisotopic (exact) mass is 639 g/mol. The smallest absolute Gasteiger partial charge is 0.417 e. The van der Waals surface area contributed by atoms with Crippen molar-refractivity contribution in [3.05, 3.63) is 40.9 Å². The number of fused-ring (bicyclic) bond motifs is 1. The standard InChI is InChI=1S/C22H27ClN4O12S2/c1-27(37-4,26-10-13-7-16(23)17(24-40(31)32)9-20(13)41(33,34)25-26)11-15(39-22(30)21(28)29)12-38-14-5-6-18(35-2)19(8-14)36-3/h5-9,15,24-25H,10-12H2,1-4H3,(H-,28,29,31,32)/p+1. The number of benzene rings is 2. The molecule has 0 fully saturated rings. The lowest BCUT2D eigenvalue weighted by atomic mass is 10.2. The number of halogens is 1. The molecule has 16 nitrogen and oxygen atoms in total. The van der Waals surface area contributed by atoms with Crippen LogP contribution < -0.4 is 23.8 Å². The summed E-state index contributed by atoms with van der Waals surface area (Å²) in [5.74, 6) is -2.34. The van der Waals surface area contributed by atoms with Crippen LogP contribution in [0.15, 0.2) is 35.2 Å². The number of nitrogens with zero attached hydrogens (tertiary/aromatic N) is 2. The first-order valence-electron chi connectivity index (χ1n) is 11.4. The Labute approximate surface area is 242 Å². The molecule has 0 radical (unpaired) electrons. The highest BCUT2D eigenvalue weighted by atomic mass is 35.5. The maximum absolute atomic E-state index is 13.1. The molecule has 0 saturated carbocycles. The molecule has 0 aliphatic carbocycles. The third-order valence-corrected chi connectivity index (χ3v) is 7.99. The van der Waals surface area contributed by atoms with E-state index in [0.29, 0.717) is 11.5 Å². The normalized spacial score (nSPS) is 17.3. The van der Waals surface area contributed by atoms with Gasteiger partial charge in [0.15, 0.2) is 24.1 Å². The number of carbonyl (C=O) groups is 2. The third kappa shape index (κ3) is 7.74. The van der Waals surface area contributed by atoms with Crippen LogP contribution >= 0.6 is 11.6 Å². The molecule has 4 N–H and O–H groups in total. The number of nitrogens with one attached hydrogen (secondary N) is 2. The van der Waals surface area contributed by atoms with E-state index >= 15 is 0 Å². The first-order chi connectivity index (χ1) is 19.2. The molecular weight excluding hydrogens is 612 g/mol. The molecule has 3 unspecified atom stereocenters. The fraction of sp³-hybridized carbons (Fsp3) is 0.364. The van der Waals surface area contributed by atoms with Gasteiger partial charge in [-0.3, -0.25) is 9.27 Å². The summed E-state index contributed by atoms with van der Waals surface area (Å²) < 4.78 is 69.2. The second-order valence-electron chi connectivity index (χ2n) is 8.52. The average Bonchev–Trinajstić information content (AvgIpc) is 2.91. The van der Waals surface area contributed by atoms with Crippen molar-refractivity contribution in [2.75, 3.05) is 46.3 Å². The largest absolute Gasteiger partial charge is 0.493 e. The predicted octanol–water partition coefficient (Wildman–Crippen LogP) is 0.913. The van der Waals surface area contributed by atoms with E-state index < -0.39 is 44.1 Å². The minimum absolute atomic E-state index is 0.0218. The van der Waals surface area contributed by atoms with Crippen molar-refractivity contribution < 1.29 is 60.4 Å². The van der Waals surface area contributed by atoms with Gasteiger partial charge in [0.2, 0.25) is 0 Å². The quantitative estimate of drug-likeness (QED) is 0.0841. The van der Waals surface area contributed by atoms with Crippen molar-refractivity contribution in [1.82, 2.24) is 9.95 Å². The maximum Gasteiger partial charge on any atom is 0.417 e. The van der Waals surface area contributed by atoms with Gasteiger partial charge in [0, 0.05) is 6.07 Å². The zero-order valence-corrected chi connectivity index (χ0v) is 24.5.